The Morgan fingerprint density at radius 2 is 2.15 bits per heavy atom. The number of amides is 1. The van der Waals surface area contributed by atoms with Crippen molar-refractivity contribution >= 4 is 16.8 Å². The van der Waals surface area contributed by atoms with Crippen LogP contribution in [0, 0.1) is 13.8 Å². The number of carbonyl (C=O) groups is 1. The van der Waals surface area contributed by atoms with Crippen LogP contribution in [-0.4, -0.2) is 39.1 Å². The van der Waals surface area contributed by atoms with Crippen LogP contribution in [-0.2, 0) is 4.79 Å². The molecule has 1 saturated heterocycles. The largest absolute Gasteiger partial charge is 0.390 e. The van der Waals surface area contributed by atoms with Gasteiger partial charge in [-0.15, -0.1) is 0 Å². The van der Waals surface area contributed by atoms with Crippen molar-refractivity contribution in [1.82, 2.24) is 9.88 Å². The van der Waals surface area contributed by atoms with E-state index in [4.69, 9.17) is 0 Å². The van der Waals surface area contributed by atoms with Gasteiger partial charge in [-0.3, -0.25) is 4.79 Å². The molecule has 0 spiro atoms. The SMILES string of the molecule is C.Cc1ccc2[nH]cc(C(C)CC(=O)N3CCC4(O)CCCC3C4)c2c1C. The topological polar surface area (TPSA) is 56.3 Å². The Bertz CT molecular complexity index is 840. The van der Waals surface area contributed by atoms with Crippen LogP contribution >= 0.6 is 0 Å². The van der Waals surface area contributed by atoms with Gasteiger partial charge in [0.2, 0.25) is 5.91 Å². The Morgan fingerprint density at radius 3 is 2.93 bits per heavy atom. The van der Waals surface area contributed by atoms with Gasteiger partial charge in [0, 0.05) is 36.1 Å². The van der Waals surface area contributed by atoms with Crippen molar-refractivity contribution in [2.45, 2.75) is 84.3 Å². The molecule has 1 aliphatic carbocycles. The van der Waals surface area contributed by atoms with Gasteiger partial charge in [-0.1, -0.05) is 20.4 Å². The molecule has 2 fully saturated rings. The first-order valence-corrected chi connectivity index (χ1v) is 9.97. The van der Waals surface area contributed by atoms with Gasteiger partial charge in [-0.2, -0.15) is 0 Å². The van der Waals surface area contributed by atoms with Gasteiger partial charge in [0.15, 0.2) is 0 Å². The summed E-state index contributed by atoms with van der Waals surface area (Å²) in [5, 5.41) is 11.8. The molecule has 1 aliphatic heterocycles. The van der Waals surface area contributed by atoms with Crippen LogP contribution in [0.3, 0.4) is 0 Å². The molecular formula is C23H34N2O2. The van der Waals surface area contributed by atoms with Gasteiger partial charge < -0.3 is 15.0 Å². The summed E-state index contributed by atoms with van der Waals surface area (Å²) in [6.45, 7) is 7.17. The highest BCUT2D eigenvalue weighted by atomic mass is 16.3. The summed E-state index contributed by atoms with van der Waals surface area (Å²) in [4.78, 5) is 18.5. The number of benzene rings is 1. The fraction of sp³-hybridized carbons (Fsp3) is 0.609. The van der Waals surface area contributed by atoms with Crippen LogP contribution in [0.2, 0.25) is 0 Å². The fourth-order valence-corrected chi connectivity index (χ4v) is 5.06. The average molecular weight is 371 g/mol. The number of piperidine rings is 1. The number of H-pyrrole nitrogens is 1. The van der Waals surface area contributed by atoms with Crippen LogP contribution in [0.15, 0.2) is 18.3 Å². The highest BCUT2D eigenvalue weighted by Gasteiger charge is 2.42. The minimum absolute atomic E-state index is 0. The molecule has 1 amide bonds. The third kappa shape index (κ3) is 3.52. The standard InChI is InChI=1S/C22H30N2O2.CH4/c1-14-6-7-19-21(16(14)3)18(13-23-19)15(2)11-20(25)24-10-9-22(26)8-4-5-17(24)12-22;/h6-7,13,15,17,23,26H,4-5,8-12H2,1-3H3;1H4. The normalized spacial score (nSPS) is 25.9. The molecule has 27 heavy (non-hydrogen) atoms. The van der Waals surface area contributed by atoms with Gasteiger partial charge in [0.05, 0.1) is 5.60 Å². The first-order chi connectivity index (χ1) is 12.4. The lowest BCUT2D eigenvalue weighted by Gasteiger charge is -2.48. The molecule has 4 nitrogen and oxygen atoms in total. The van der Waals surface area contributed by atoms with Crippen LogP contribution in [0.4, 0.5) is 0 Å². The average Bonchev–Trinajstić information content (AvgIpc) is 3.02. The monoisotopic (exact) mass is 370 g/mol. The second-order valence-electron chi connectivity index (χ2n) is 8.59. The lowest BCUT2D eigenvalue weighted by molar-refractivity contribution is -0.144. The molecule has 3 atom stereocenters. The molecule has 4 heteroatoms. The first-order valence-electron chi connectivity index (χ1n) is 9.97. The number of nitrogens with zero attached hydrogens (tertiary/aromatic N) is 1. The van der Waals surface area contributed by atoms with Gasteiger partial charge in [0.25, 0.3) is 0 Å². The van der Waals surface area contributed by atoms with Gasteiger partial charge in [0.1, 0.15) is 0 Å². The number of aliphatic hydroxyl groups is 1. The van der Waals surface area contributed by atoms with Crippen molar-refractivity contribution in [3.63, 3.8) is 0 Å². The van der Waals surface area contributed by atoms with E-state index in [1.807, 2.05) is 0 Å². The number of carbonyl (C=O) groups excluding carboxylic acids is 1. The van der Waals surface area contributed by atoms with E-state index in [-0.39, 0.29) is 25.3 Å². The predicted octanol–water partition coefficient (Wildman–Crippen LogP) is 4.82. The molecule has 2 aliphatic rings. The quantitative estimate of drug-likeness (QED) is 0.814. The Hall–Kier alpha value is -1.81. The Balaban J connectivity index is 0.00000210. The maximum absolute atomic E-state index is 13.0. The number of hydrogen-bond acceptors (Lipinski definition) is 2. The lowest BCUT2D eigenvalue weighted by Crippen LogP contribution is -2.55. The number of aryl methyl sites for hydroxylation is 2. The molecule has 2 bridgehead atoms. The van der Waals surface area contributed by atoms with Crippen molar-refractivity contribution in [3.05, 3.63) is 35.0 Å². The molecular weight excluding hydrogens is 336 g/mol. The molecule has 1 aromatic heterocycles. The molecule has 2 heterocycles. The van der Waals surface area contributed by atoms with E-state index in [0.717, 1.165) is 37.6 Å². The van der Waals surface area contributed by atoms with E-state index in [0.29, 0.717) is 13.0 Å². The summed E-state index contributed by atoms with van der Waals surface area (Å²) < 4.78 is 0. The maximum Gasteiger partial charge on any atom is 0.223 e. The van der Waals surface area contributed by atoms with Crippen LogP contribution in [0.1, 0.15) is 75.5 Å². The summed E-state index contributed by atoms with van der Waals surface area (Å²) in [6.07, 6.45) is 7.07. The van der Waals surface area contributed by atoms with Gasteiger partial charge in [-0.25, -0.2) is 0 Å². The van der Waals surface area contributed by atoms with Crippen molar-refractivity contribution in [2.75, 3.05) is 6.54 Å². The summed E-state index contributed by atoms with van der Waals surface area (Å²) in [7, 11) is 0. The van der Waals surface area contributed by atoms with E-state index in [1.54, 1.807) is 0 Å². The molecule has 1 aromatic carbocycles. The smallest absolute Gasteiger partial charge is 0.223 e. The zero-order valence-corrected chi connectivity index (χ0v) is 16.1. The van der Waals surface area contributed by atoms with E-state index in [9.17, 15) is 9.90 Å². The Kier molecular flexibility index (Phi) is 5.40. The zero-order valence-electron chi connectivity index (χ0n) is 16.1. The maximum atomic E-state index is 13.0. The number of hydrogen-bond donors (Lipinski definition) is 2. The van der Waals surface area contributed by atoms with Crippen molar-refractivity contribution in [2.24, 2.45) is 0 Å². The predicted molar refractivity (Wildman–Crippen MR) is 111 cm³/mol. The number of fused-ring (bicyclic) bond motifs is 3. The van der Waals surface area contributed by atoms with E-state index in [2.05, 4.69) is 49.0 Å². The molecule has 0 radical (unpaired) electrons. The first kappa shape index (κ1) is 19.9. The minimum atomic E-state index is -0.517. The van der Waals surface area contributed by atoms with E-state index in [1.165, 1.54) is 22.1 Å². The summed E-state index contributed by atoms with van der Waals surface area (Å²) in [5.41, 5.74) is 4.46. The van der Waals surface area contributed by atoms with Crippen molar-refractivity contribution in [3.8, 4) is 0 Å². The summed E-state index contributed by atoms with van der Waals surface area (Å²) >= 11 is 0. The molecule has 148 valence electrons. The third-order valence-corrected chi connectivity index (χ3v) is 6.79. The second-order valence-corrected chi connectivity index (χ2v) is 8.59. The lowest BCUT2D eigenvalue weighted by atomic mass is 9.76. The van der Waals surface area contributed by atoms with Gasteiger partial charge >= 0.3 is 0 Å². The highest BCUT2D eigenvalue weighted by Crippen LogP contribution is 2.39. The van der Waals surface area contributed by atoms with E-state index >= 15 is 0 Å². The van der Waals surface area contributed by atoms with Gasteiger partial charge in [-0.05, 0) is 74.6 Å². The number of nitrogens with one attached hydrogen (secondary N) is 1. The van der Waals surface area contributed by atoms with E-state index < -0.39 is 5.60 Å². The molecule has 4 rings (SSSR count). The molecule has 1 saturated carbocycles. The zero-order chi connectivity index (χ0) is 18.5. The Morgan fingerprint density at radius 1 is 1.37 bits per heavy atom. The summed E-state index contributed by atoms with van der Waals surface area (Å²) in [6, 6.07) is 4.50. The van der Waals surface area contributed by atoms with Crippen LogP contribution < -0.4 is 0 Å². The second kappa shape index (κ2) is 7.31. The highest BCUT2D eigenvalue weighted by molar-refractivity contribution is 5.89. The number of aromatic amines is 1. The van der Waals surface area contributed by atoms with Crippen LogP contribution in [0.25, 0.3) is 10.9 Å². The summed E-state index contributed by atoms with van der Waals surface area (Å²) in [5.74, 6) is 0.423. The number of likely N-dealkylation sites (tertiary alicyclic amines) is 1. The number of aromatic nitrogens is 1. The molecule has 3 unspecified atom stereocenters. The van der Waals surface area contributed by atoms with Crippen molar-refractivity contribution in [1.29, 1.82) is 0 Å². The van der Waals surface area contributed by atoms with Crippen molar-refractivity contribution < 1.29 is 9.90 Å². The minimum Gasteiger partial charge on any atom is -0.390 e. The Labute approximate surface area is 163 Å². The molecule has 2 aromatic rings. The third-order valence-electron chi connectivity index (χ3n) is 6.79. The fourth-order valence-electron chi connectivity index (χ4n) is 5.06. The molecule has 2 N–H and O–H groups in total. The van der Waals surface area contributed by atoms with Crippen LogP contribution in [0.5, 0.6) is 0 Å². The number of rotatable bonds is 3.